The second-order valence-electron chi connectivity index (χ2n) is 5.75. The standard InChI is InChI=1S/C17H19N3O6S/c1-12-6-4-5-7-15(12)19(27(3,24)25)11-17(21)18-14-10-13(20(22)23)8-9-16(14)26-2/h4-10H,11H2,1-3H3,(H,18,21). The van der Waals surface area contributed by atoms with Crippen molar-refractivity contribution in [3.8, 4) is 5.75 Å². The number of non-ortho nitro benzene ring substituents is 1. The summed E-state index contributed by atoms with van der Waals surface area (Å²) in [6, 6.07) is 10.5. The number of hydrogen-bond acceptors (Lipinski definition) is 6. The number of nitrogens with one attached hydrogen (secondary N) is 1. The molecule has 0 unspecified atom stereocenters. The molecule has 2 aromatic rings. The van der Waals surface area contributed by atoms with Crippen LogP contribution in [0, 0.1) is 17.0 Å². The van der Waals surface area contributed by atoms with Crippen LogP contribution in [0.3, 0.4) is 0 Å². The van der Waals surface area contributed by atoms with Crippen LogP contribution < -0.4 is 14.4 Å². The lowest BCUT2D eigenvalue weighted by molar-refractivity contribution is -0.384. The second-order valence-corrected chi connectivity index (χ2v) is 7.65. The highest BCUT2D eigenvalue weighted by atomic mass is 32.2. The summed E-state index contributed by atoms with van der Waals surface area (Å²) in [7, 11) is -2.38. The largest absolute Gasteiger partial charge is 0.495 e. The Kier molecular flexibility index (Phi) is 6.01. The molecule has 0 heterocycles. The number of nitro groups is 1. The van der Waals surface area contributed by atoms with Gasteiger partial charge in [0.05, 0.1) is 29.7 Å². The molecule has 2 aromatic carbocycles. The fraction of sp³-hybridized carbons (Fsp3) is 0.235. The van der Waals surface area contributed by atoms with Crippen molar-refractivity contribution in [3.05, 3.63) is 58.1 Å². The summed E-state index contributed by atoms with van der Waals surface area (Å²) in [5.41, 5.74) is 0.907. The van der Waals surface area contributed by atoms with Crippen molar-refractivity contribution < 1.29 is 22.9 Å². The van der Waals surface area contributed by atoms with Gasteiger partial charge in [0.25, 0.3) is 5.69 Å². The van der Waals surface area contributed by atoms with Gasteiger partial charge in [-0.1, -0.05) is 18.2 Å². The lowest BCUT2D eigenvalue weighted by Gasteiger charge is -2.23. The van der Waals surface area contributed by atoms with Crippen LogP contribution in [0.15, 0.2) is 42.5 Å². The molecule has 0 bridgehead atoms. The molecule has 10 heteroatoms. The molecule has 0 aliphatic heterocycles. The van der Waals surface area contributed by atoms with Crippen LogP contribution >= 0.6 is 0 Å². The average molecular weight is 393 g/mol. The Bertz CT molecular complexity index is 974. The molecule has 0 spiro atoms. The summed E-state index contributed by atoms with van der Waals surface area (Å²) >= 11 is 0. The van der Waals surface area contributed by atoms with Gasteiger partial charge in [0.2, 0.25) is 15.9 Å². The number of hydrogen-bond donors (Lipinski definition) is 1. The van der Waals surface area contributed by atoms with Gasteiger partial charge < -0.3 is 10.1 Å². The first-order valence-electron chi connectivity index (χ1n) is 7.79. The molecule has 0 atom stereocenters. The van der Waals surface area contributed by atoms with Crippen LogP contribution in [-0.2, 0) is 14.8 Å². The summed E-state index contributed by atoms with van der Waals surface area (Å²) in [4.78, 5) is 22.8. The topological polar surface area (TPSA) is 119 Å². The number of nitrogens with zero attached hydrogens (tertiary/aromatic N) is 2. The van der Waals surface area contributed by atoms with Crippen molar-refractivity contribution in [1.82, 2.24) is 0 Å². The number of amides is 1. The Morgan fingerprint density at radius 1 is 1.26 bits per heavy atom. The minimum atomic E-state index is -3.73. The lowest BCUT2D eigenvalue weighted by atomic mass is 10.2. The first-order chi connectivity index (χ1) is 12.6. The van der Waals surface area contributed by atoms with Gasteiger partial charge in [-0.25, -0.2) is 8.42 Å². The van der Waals surface area contributed by atoms with E-state index in [1.165, 1.54) is 19.2 Å². The third kappa shape index (κ3) is 4.94. The van der Waals surface area contributed by atoms with Crippen LogP contribution in [0.25, 0.3) is 0 Å². The van der Waals surface area contributed by atoms with Crippen molar-refractivity contribution in [3.63, 3.8) is 0 Å². The van der Waals surface area contributed by atoms with E-state index in [1.54, 1.807) is 31.2 Å². The molecule has 1 N–H and O–H groups in total. The first kappa shape index (κ1) is 20.2. The van der Waals surface area contributed by atoms with Crippen LogP contribution in [0.1, 0.15) is 5.56 Å². The molecule has 144 valence electrons. The maximum absolute atomic E-state index is 12.5. The monoisotopic (exact) mass is 393 g/mol. The van der Waals surface area contributed by atoms with Crippen LogP contribution in [0.4, 0.5) is 17.1 Å². The number of methoxy groups -OCH3 is 1. The van der Waals surface area contributed by atoms with Crippen LogP contribution in [0.5, 0.6) is 5.75 Å². The van der Waals surface area contributed by atoms with E-state index in [2.05, 4.69) is 5.32 Å². The zero-order valence-corrected chi connectivity index (χ0v) is 15.8. The number of ether oxygens (including phenoxy) is 1. The molecule has 0 aromatic heterocycles. The number of para-hydroxylation sites is 1. The smallest absolute Gasteiger partial charge is 0.271 e. The predicted molar refractivity (Wildman–Crippen MR) is 102 cm³/mol. The molecule has 0 saturated carbocycles. The summed E-state index contributed by atoms with van der Waals surface area (Å²) in [5.74, 6) is -0.446. The Morgan fingerprint density at radius 3 is 2.48 bits per heavy atom. The molecule has 0 aliphatic carbocycles. The Hall–Kier alpha value is -3.14. The summed E-state index contributed by atoms with van der Waals surface area (Å²) in [6.07, 6.45) is 1.00. The minimum absolute atomic E-state index is 0.0786. The lowest BCUT2D eigenvalue weighted by Crippen LogP contribution is -2.37. The molecular weight excluding hydrogens is 374 g/mol. The third-order valence-corrected chi connectivity index (χ3v) is 4.87. The second kappa shape index (κ2) is 8.04. The number of aryl methyl sites for hydroxylation is 1. The Labute approximate surface area is 156 Å². The van der Waals surface area contributed by atoms with Gasteiger partial charge in [0.1, 0.15) is 12.3 Å². The Morgan fingerprint density at radius 2 is 1.93 bits per heavy atom. The molecule has 0 radical (unpaired) electrons. The maximum atomic E-state index is 12.5. The van der Waals surface area contributed by atoms with Gasteiger partial charge in [0.15, 0.2) is 0 Å². The zero-order chi connectivity index (χ0) is 20.2. The van der Waals surface area contributed by atoms with Crippen molar-refractivity contribution in [1.29, 1.82) is 0 Å². The van der Waals surface area contributed by atoms with E-state index < -0.39 is 27.4 Å². The summed E-state index contributed by atoms with van der Waals surface area (Å²) in [6.45, 7) is 1.24. The number of carbonyl (C=O) groups excluding carboxylic acids is 1. The number of carbonyl (C=O) groups is 1. The molecule has 0 fully saturated rings. The highest BCUT2D eigenvalue weighted by Gasteiger charge is 2.23. The van der Waals surface area contributed by atoms with Crippen molar-refractivity contribution in [2.24, 2.45) is 0 Å². The van der Waals surface area contributed by atoms with Gasteiger partial charge >= 0.3 is 0 Å². The van der Waals surface area contributed by atoms with Crippen LogP contribution in [-0.4, -0.2) is 39.2 Å². The van der Waals surface area contributed by atoms with Gasteiger partial charge in [0, 0.05) is 12.1 Å². The SMILES string of the molecule is COc1ccc([N+](=O)[O-])cc1NC(=O)CN(c1ccccc1C)S(C)(=O)=O. The van der Waals surface area contributed by atoms with Crippen molar-refractivity contribution in [2.75, 3.05) is 29.5 Å². The van der Waals surface area contributed by atoms with Crippen molar-refractivity contribution in [2.45, 2.75) is 6.92 Å². The number of anilines is 2. The quantitative estimate of drug-likeness (QED) is 0.569. The molecule has 27 heavy (non-hydrogen) atoms. The van der Waals surface area contributed by atoms with E-state index in [4.69, 9.17) is 4.74 Å². The minimum Gasteiger partial charge on any atom is -0.495 e. The van der Waals surface area contributed by atoms with E-state index in [0.717, 1.165) is 16.6 Å². The van der Waals surface area contributed by atoms with Gasteiger partial charge in [-0.2, -0.15) is 0 Å². The number of sulfonamides is 1. The fourth-order valence-electron chi connectivity index (χ4n) is 2.45. The van der Waals surface area contributed by atoms with Gasteiger partial charge in [-0.15, -0.1) is 0 Å². The highest BCUT2D eigenvalue weighted by Crippen LogP contribution is 2.29. The number of benzene rings is 2. The fourth-order valence-corrected chi connectivity index (χ4v) is 3.37. The van der Waals surface area contributed by atoms with E-state index in [1.807, 2.05) is 0 Å². The Balaban J connectivity index is 2.31. The highest BCUT2D eigenvalue weighted by molar-refractivity contribution is 7.92. The molecule has 0 aliphatic rings. The van der Waals surface area contributed by atoms with E-state index in [-0.39, 0.29) is 17.1 Å². The molecule has 2 rings (SSSR count). The molecule has 9 nitrogen and oxygen atoms in total. The number of nitro benzene ring substituents is 1. The van der Waals surface area contributed by atoms with Gasteiger partial charge in [-0.3, -0.25) is 19.2 Å². The van der Waals surface area contributed by atoms with E-state index in [9.17, 15) is 23.3 Å². The summed E-state index contributed by atoms with van der Waals surface area (Å²) < 4.78 is 30.4. The molecule has 1 amide bonds. The van der Waals surface area contributed by atoms with Crippen LogP contribution in [0.2, 0.25) is 0 Å². The van der Waals surface area contributed by atoms with Gasteiger partial charge in [-0.05, 0) is 24.6 Å². The van der Waals surface area contributed by atoms with E-state index in [0.29, 0.717) is 11.3 Å². The summed E-state index contributed by atoms with van der Waals surface area (Å²) in [5, 5.41) is 13.4. The first-order valence-corrected chi connectivity index (χ1v) is 9.64. The molecular formula is C17H19N3O6S. The van der Waals surface area contributed by atoms with Crippen molar-refractivity contribution >= 4 is 33.0 Å². The number of rotatable bonds is 7. The molecule has 0 saturated heterocycles. The van der Waals surface area contributed by atoms with E-state index >= 15 is 0 Å². The normalized spacial score (nSPS) is 10.9. The average Bonchev–Trinajstić information content (AvgIpc) is 2.59. The zero-order valence-electron chi connectivity index (χ0n) is 15.0. The third-order valence-electron chi connectivity index (χ3n) is 3.74. The maximum Gasteiger partial charge on any atom is 0.271 e. The predicted octanol–water partition coefficient (Wildman–Crippen LogP) is 2.32.